The van der Waals surface area contributed by atoms with Crippen LogP contribution in [-0.2, 0) is 11.3 Å². The number of anilines is 1. The van der Waals surface area contributed by atoms with Crippen LogP contribution in [-0.4, -0.2) is 10.5 Å². The van der Waals surface area contributed by atoms with Gasteiger partial charge in [0.2, 0.25) is 5.91 Å². The lowest BCUT2D eigenvalue weighted by atomic mass is 10.2. The van der Waals surface area contributed by atoms with E-state index in [1.165, 1.54) is 0 Å². The highest BCUT2D eigenvalue weighted by molar-refractivity contribution is 6.36. The summed E-state index contributed by atoms with van der Waals surface area (Å²) in [5.74, 6) is -0.131. The highest BCUT2D eigenvalue weighted by Crippen LogP contribution is 2.25. The van der Waals surface area contributed by atoms with Crippen molar-refractivity contribution in [3.63, 3.8) is 0 Å². The molecule has 0 fully saturated rings. The molecule has 0 aliphatic carbocycles. The first-order valence-electron chi connectivity index (χ1n) is 6.84. The summed E-state index contributed by atoms with van der Waals surface area (Å²) in [7, 11) is 0. The molecule has 0 unspecified atom stereocenters. The predicted molar refractivity (Wildman–Crippen MR) is 91.8 cm³/mol. The number of fused-ring (bicyclic) bond motifs is 1. The van der Waals surface area contributed by atoms with Crippen LogP contribution in [0.15, 0.2) is 48.5 Å². The minimum atomic E-state index is -0.131. The molecule has 0 bridgehead atoms. The van der Waals surface area contributed by atoms with E-state index in [0.717, 1.165) is 16.6 Å². The maximum atomic E-state index is 12.3. The molecule has 1 N–H and O–H groups in total. The molecule has 3 aromatic rings. The molecule has 2 aromatic carbocycles. The molecule has 1 amide bonds. The van der Waals surface area contributed by atoms with Crippen molar-refractivity contribution < 1.29 is 4.79 Å². The number of rotatable bonds is 3. The van der Waals surface area contributed by atoms with Gasteiger partial charge < -0.3 is 9.88 Å². The zero-order valence-electron chi connectivity index (χ0n) is 11.9. The highest BCUT2D eigenvalue weighted by atomic mass is 35.5. The molecule has 0 radical (unpaired) electrons. The molecule has 3 nitrogen and oxygen atoms in total. The molecule has 1 aromatic heterocycles. The molecule has 0 aliphatic rings. The smallest absolute Gasteiger partial charge is 0.244 e. The Morgan fingerprint density at radius 2 is 1.91 bits per heavy atom. The van der Waals surface area contributed by atoms with Crippen molar-refractivity contribution in [2.24, 2.45) is 0 Å². The third-order valence-corrected chi connectivity index (χ3v) is 4.07. The summed E-state index contributed by atoms with van der Waals surface area (Å²) >= 11 is 11.9. The van der Waals surface area contributed by atoms with Crippen molar-refractivity contribution in [2.45, 2.75) is 13.5 Å². The van der Waals surface area contributed by atoms with Gasteiger partial charge in [0, 0.05) is 16.2 Å². The second-order valence-corrected chi connectivity index (χ2v) is 5.95. The molecule has 3 rings (SSSR count). The molecule has 0 spiro atoms. The van der Waals surface area contributed by atoms with Crippen molar-refractivity contribution in [3.8, 4) is 0 Å². The maximum Gasteiger partial charge on any atom is 0.244 e. The van der Waals surface area contributed by atoms with Gasteiger partial charge >= 0.3 is 0 Å². The van der Waals surface area contributed by atoms with Crippen LogP contribution in [0.2, 0.25) is 10.0 Å². The summed E-state index contributed by atoms with van der Waals surface area (Å²) in [5.41, 5.74) is 2.64. The molecule has 0 aliphatic heterocycles. The molecule has 5 heteroatoms. The average Bonchev–Trinajstić information content (AvgIpc) is 2.78. The van der Waals surface area contributed by atoms with E-state index in [1.807, 2.05) is 35.8 Å². The van der Waals surface area contributed by atoms with Gasteiger partial charge in [-0.05, 0) is 42.6 Å². The number of benzene rings is 2. The van der Waals surface area contributed by atoms with Gasteiger partial charge in [0.25, 0.3) is 0 Å². The Bertz CT molecular complexity index is 855. The number of hydrogen-bond donors (Lipinski definition) is 1. The van der Waals surface area contributed by atoms with Gasteiger partial charge in [-0.1, -0.05) is 41.4 Å². The van der Waals surface area contributed by atoms with E-state index >= 15 is 0 Å². The second kappa shape index (κ2) is 6.03. The predicted octanol–water partition coefficient (Wildman–Crippen LogP) is 4.90. The van der Waals surface area contributed by atoms with Gasteiger partial charge in [-0.2, -0.15) is 0 Å². The first-order valence-corrected chi connectivity index (χ1v) is 7.60. The minimum Gasteiger partial charge on any atom is -0.335 e. The van der Waals surface area contributed by atoms with Crippen LogP contribution < -0.4 is 5.32 Å². The fourth-order valence-corrected chi connectivity index (χ4v) is 2.94. The topological polar surface area (TPSA) is 34.0 Å². The van der Waals surface area contributed by atoms with Crippen molar-refractivity contribution >= 4 is 45.7 Å². The van der Waals surface area contributed by atoms with Crippen LogP contribution in [0.1, 0.15) is 5.69 Å². The summed E-state index contributed by atoms with van der Waals surface area (Å²) < 4.78 is 1.98. The van der Waals surface area contributed by atoms with E-state index in [-0.39, 0.29) is 12.5 Å². The van der Waals surface area contributed by atoms with Gasteiger partial charge in [0.15, 0.2) is 0 Å². The molecule has 22 heavy (non-hydrogen) atoms. The van der Waals surface area contributed by atoms with Gasteiger partial charge in [0.05, 0.1) is 10.7 Å². The number of aromatic nitrogens is 1. The largest absolute Gasteiger partial charge is 0.335 e. The number of para-hydroxylation sites is 1. The fraction of sp³-hybridized carbons (Fsp3) is 0.118. The molecule has 1 heterocycles. The Morgan fingerprint density at radius 3 is 2.68 bits per heavy atom. The molecular weight excluding hydrogens is 319 g/mol. The average molecular weight is 333 g/mol. The van der Waals surface area contributed by atoms with Crippen LogP contribution in [0.5, 0.6) is 0 Å². The van der Waals surface area contributed by atoms with Crippen molar-refractivity contribution in [1.82, 2.24) is 4.57 Å². The first kappa shape index (κ1) is 14.9. The van der Waals surface area contributed by atoms with Crippen LogP contribution in [0.3, 0.4) is 0 Å². The summed E-state index contributed by atoms with van der Waals surface area (Å²) in [6, 6.07) is 15.1. The van der Waals surface area contributed by atoms with Gasteiger partial charge in [-0.3, -0.25) is 4.79 Å². The number of carbonyl (C=O) groups excluding carboxylic acids is 1. The van der Waals surface area contributed by atoms with Crippen LogP contribution >= 0.6 is 23.2 Å². The molecule has 0 saturated carbocycles. The number of nitrogens with zero attached hydrogens (tertiary/aromatic N) is 1. The third kappa shape index (κ3) is 2.96. The molecule has 0 atom stereocenters. The number of amides is 1. The van der Waals surface area contributed by atoms with E-state index in [0.29, 0.717) is 15.7 Å². The van der Waals surface area contributed by atoms with Gasteiger partial charge in [-0.25, -0.2) is 0 Å². The van der Waals surface area contributed by atoms with E-state index in [1.54, 1.807) is 18.2 Å². The fourth-order valence-electron chi connectivity index (χ4n) is 2.48. The SMILES string of the molecule is Cc1cc2ccccc2n1CC(=O)Nc1ccc(Cl)cc1Cl. The lowest BCUT2D eigenvalue weighted by Crippen LogP contribution is -2.19. The van der Waals surface area contributed by atoms with Crippen molar-refractivity contribution in [3.05, 3.63) is 64.3 Å². The summed E-state index contributed by atoms with van der Waals surface area (Å²) in [6.45, 7) is 2.22. The summed E-state index contributed by atoms with van der Waals surface area (Å²) in [4.78, 5) is 12.3. The Labute approximate surface area is 138 Å². The van der Waals surface area contributed by atoms with E-state index in [2.05, 4.69) is 11.4 Å². The standard InChI is InChI=1S/C17H14Cl2N2O/c1-11-8-12-4-2-3-5-16(12)21(11)10-17(22)20-15-7-6-13(18)9-14(15)19/h2-9H,10H2,1H3,(H,20,22). The van der Waals surface area contributed by atoms with E-state index in [9.17, 15) is 4.79 Å². The Morgan fingerprint density at radius 1 is 1.14 bits per heavy atom. The lowest BCUT2D eigenvalue weighted by Gasteiger charge is -2.10. The minimum absolute atomic E-state index is 0.131. The van der Waals surface area contributed by atoms with Crippen LogP contribution in [0, 0.1) is 6.92 Å². The maximum absolute atomic E-state index is 12.3. The van der Waals surface area contributed by atoms with Gasteiger partial charge in [-0.15, -0.1) is 0 Å². The second-order valence-electron chi connectivity index (χ2n) is 5.10. The number of nitrogens with one attached hydrogen (secondary N) is 1. The molecule has 112 valence electrons. The zero-order valence-corrected chi connectivity index (χ0v) is 13.4. The summed E-state index contributed by atoms with van der Waals surface area (Å²) in [6.07, 6.45) is 0. The normalized spacial score (nSPS) is 10.9. The van der Waals surface area contributed by atoms with Gasteiger partial charge in [0.1, 0.15) is 6.54 Å². The van der Waals surface area contributed by atoms with Crippen LogP contribution in [0.25, 0.3) is 10.9 Å². The zero-order chi connectivity index (χ0) is 15.7. The Balaban J connectivity index is 1.83. The quantitative estimate of drug-likeness (QED) is 0.727. The Kier molecular flexibility index (Phi) is 4.10. The van der Waals surface area contributed by atoms with Crippen LogP contribution in [0.4, 0.5) is 5.69 Å². The van der Waals surface area contributed by atoms with E-state index in [4.69, 9.17) is 23.2 Å². The molecule has 0 saturated heterocycles. The van der Waals surface area contributed by atoms with Crippen molar-refractivity contribution in [2.75, 3.05) is 5.32 Å². The number of hydrogen-bond acceptors (Lipinski definition) is 1. The lowest BCUT2D eigenvalue weighted by molar-refractivity contribution is -0.116. The Hall–Kier alpha value is -1.97. The monoisotopic (exact) mass is 332 g/mol. The summed E-state index contributed by atoms with van der Waals surface area (Å²) in [5, 5.41) is 4.90. The third-order valence-electron chi connectivity index (χ3n) is 3.52. The number of aryl methyl sites for hydroxylation is 1. The van der Waals surface area contributed by atoms with E-state index < -0.39 is 0 Å². The molecular formula is C17H14Cl2N2O. The number of halogens is 2. The van der Waals surface area contributed by atoms with Crippen molar-refractivity contribution in [1.29, 1.82) is 0 Å². The first-order chi connectivity index (χ1) is 10.5. The highest BCUT2D eigenvalue weighted by Gasteiger charge is 2.11. The number of carbonyl (C=O) groups is 1.